The highest BCUT2D eigenvalue weighted by molar-refractivity contribution is 7.97. The molecule has 1 atom stereocenters. The highest BCUT2D eigenvalue weighted by Crippen LogP contribution is 2.62. The van der Waals surface area contributed by atoms with Crippen LogP contribution in [0.3, 0.4) is 0 Å². The summed E-state index contributed by atoms with van der Waals surface area (Å²) in [6, 6.07) is 64.9. The standard InChI is InChI=1S/C18H18N2O2.C18H35NO3.C18H15S.C16H33N4P.C16H14O3.C12H28N.2C11H16O2/c1-18(2,3)22-17(21)20-15-12-8-7-11-14(15)19-16(20)13-9-5-4-6-10-13;1-2-3-4-5-6-7-8-9-10-11-18(20)22-17-14-19-12-15-21-16-13-19;1-4-10-16(11-5-1)19(17-12-6-2-7-13-17)18-14-8-3-9-15-18;1-16(2,3)17-21(18-10-4-5-11-18,19-12-6-7-13-19)20-14-8-9-15-20;1-11(16(18)19)13-8-5-9-14(10-13)15(17)12-6-3-2-4-7-12;1-5-9-13(10-6-2,11-7-3)12-8-4;2*12-10(13)11-4-7-1-8(5-11)3-9(2-7)6-11/h4-12H,1-3H3;2-17H2,1H3;1-15H;4-15H2,1-3H3;2-11H,1H3,(H,18,19);5-12H2,1-4H3;2*7-9H,1-6H2,(H,12,13)/q;;+1;;;+1;;/p-2. The molecule has 8 saturated carbocycles. The average molecular weight is 1980 g/mol. The number of esters is 1. The number of nitrogens with one attached hydrogen (secondary N) is 1. The number of quaternary nitrogens is 1. The van der Waals surface area contributed by atoms with Crippen LogP contribution in [0, 0.1) is 46.3 Å². The van der Waals surface area contributed by atoms with E-state index in [0.29, 0.717) is 71.0 Å². The Morgan fingerprint density at radius 3 is 1.24 bits per heavy atom. The molecule has 4 saturated heterocycles. The summed E-state index contributed by atoms with van der Waals surface area (Å²) in [6.07, 6.45) is 38.6. The van der Waals surface area contributed by atoms with Gasteiger partial charge in [-0.3, -0.25) is 14.5 Å². The molecule has 0 amide bonds. The summed E-state index contributed by atoms with van der Waals surface area (Å²) in [4.78, 5) is 80.6. The maximum absolute atomic E-state index is 12.6. The lowest BCUT2D eigenvalue weighted by Gasteiger charge is -2.57. The molecule has 5 heterocycles. The molecule has 7 aromatic carbocycles. The van der Waals surface area contributed by atoms with E-state index >= 15 is 0 Å². The number of carbonyl (C=O) groups excluding carboxylic acids is 6. The van der Waals surface area contributed by atoms with Gasteiger partial charge in [-0.15, -0.1) is 0 Å². The highest BCUT2D eigenvalue weighted by Gasteiger charge is 2.54. The van der Waals surface area contributed by atoms with Crippen molar-refractivity contribution in [2.75, 3.05) is 105 Å². The third-order valence-corrected chi connectivity index (χ3v) is 36.8. The molecule has 8 aliphatic carbocycles. The van der Waals surface area contributed by atoms with Crippen molar-refractivity contribution < 1.29 is 67.5 Å². The number of aliphatic carboxylic acids is 3. The van der Waals surface area contributed by atoms with Gasteiger partial charge in [0.15, 0.2) is 31.8 Å². The van der Waals surface area contributed by atoms with E-state index in [4.69, 9.17) is 14.2 Å². The number of benzene rings is 7. The number of morpholine rings is 1. The van der Waals surface area contributed by atoms with Crippen molar-refractivity contribution in [3.8, 4) is 11.4 Å². The van der Waals surface area contributed by atoms with Crippen LogP contribution in [0.15, 0.2) is 215 Å². The van der Waals surface area contributed by atoms with Gasteiger partial charge in [-0.1, -0.05) is 239 Å². The summed E-state index contributed by atoms with van der Waals surface area (Å²) in [5.74, 6) is 1.32. The first-order chi connectivity index (χ1) is 68.4. The molecule has 1 N–H and O–H groups in total. The SMILES string of the molecule is CC(C(=O)[O-])c1cccc(C(=O)c2ccccc2)c1.CC(C)(C)OC(=O)n1c(-c2ccccc2)nc2ccccc21.CC(C)(C)[NH+]=P(N1CCCC1)(N1CCCC1)N1CCCC1.CCCCCCCCCCCC(=O)OCCN1CCOCC1.CCC[N+](CCC)(CCC)CCC.O=C([O-])C12CC3CC(CC(C3)C1)C2.O=C([O-])C12CC3CC(CC(C3)C1)C2.c1ccc([S+](c2ccccc2)c2ccccc2)cc1. The van der Waals surface area contributed by atoms with Crippen LogP contribution < -0.4 is 20.1 Å². The minimum absolute atomic E-state index is 0.0146. The number of fused-ring (bicyclic) bond motifs is 1. The topological polar surface area (TPSA) is 244 Å². The average Bonchev–Trinajstić information content (AvgIpc) is 1.37. The zero-order chi connectivity index (χ0) is 102. The van der Waals surface area contributed by atoms with Crippen LogP contribution in [-0.2, 0) is 44.3 Å². The van der Waals surface area contributed by atoms with Gasteiger partial charge in [0.1, 0.15) is 12.2 Å². The number of carboxylic acids is 3. The molecular formula is C120H173N8O12PS. The number of unbranched alkanes of at least 4 members (excludes halogenated alkanes) is 8. The molecule has 12 aliphatic rings. The molecule has 12 fully saturated rings. The molecule has 142 heavy (non-hydrogen) atoms. The Morgan fingerprint density at radius 2 is 0.852 bits per heavy atom. The van der Waals surface area contributed by atoms with E-state index in [0.717, 1.165) is 101 Å². The van der Waals surface area contributed by atoms with Crippen LogP contribution in [-0.4, -0.2) is 185 Å². The Labute approximate surface area is 855 Å². The third kappa shape index (κ3) is 33.7. The van der Waals surface area contributed by atoms with Crippen LogP contribution in [0.1, 0.15) is 316 Å². The Bertz CT molecular complexity index is 4860. The fourth-order valence-corrected chi connectivity index (χ4v) is 31.4. The Balaban J connectivity index is 0.000000156. The number of carboxylic acid groups (broad SMARTS) is 3. The lowest BCUT2D eigenvalue weighted by atomic mass is 9.49. The van der Waals surface area contributed by atoms with E-state index in [9.17, 15) is 44.1 Å². The predicted octanol–water partition coefficient (Wildman–Crippen LogP) is 22.3. The highest BCUT2D eigenvalue weighted by atomic mass is 32.2. The number of imidazole rings is 1. The first-order valence-electron chi connectivity index (χ1n) is 54.7. The second-order valence-corrected chi connectivity index (χ2v) is 49.2. The Morgan fingerprint density at radius 1 is 0.472 bits per heavy atom. The predicted molar refractivity (Wildman–Crippen MR) is 570 cm³/mol. The van der Waals surface area contributed by atoms with Crippen LogP contribution >= 0.6 is 7.51 Å². The maximum Gasteiger partial charge on any atom is 0.420 e. The van der Waals surface area contributed by atoms with E-state index in [1.54, 1.807) is 55.5 Å². The van der Waals surface area contributed by atoms with E-state index in [1.165, 1.54) is 237 Å². The Kier molecular flexibility index (Phi) is 45.6. The summed E-state index contributed by atoms with van der Waals surface area (Å²) in [5.41, 5.74) is 2.87. The van der Waals surface area contributed by atoms with Crippen molar-refractivity contribution in [3.05, 3.63) is 217 Å². The number of hydrogen-bond acceptors (Lipinski definition) is 14. The van der Waals surface area contributed by atoms with Crippen LogP contribution in [0.2, 0.25) is 0 Å². The van der Waals surface area contributed by atoms with Gasteiger partial charge in [-0.25, -0.2) is 33.1 Å². The summed E-state index contributed by atoms with van der Waals surface area (Å²) >= 11 is 0. The number of ether oxygens (including phenoxy) is 3. The fourth-order valence-electron chi connectivity index (χ4n) is 24.4. The van der Waals surface area contributed by atoms with Gasteiger partial charge in [0, 0.05) is 117 Å². The largest absolute Gasteiger partial charge is 0.550 e. The molecule has 20 nitrogen and oxygen atoms in total. The van der Waals surface area contributed by atoms with E-state index < -0.39 is 53.9 Å². The molecule has 8 aromatic rings. The van der Waals surface area contributed by atoms with Crippen molar-refractivity contribution in [1.29, 1.82) is 0 Å². The lowest BCUT2D eigenvalue weighted by Crippen LogP contribution is -2.83. The summed E-state index contributed by atoms with van der Waals surface area (Å²) in [7, 11) is -1.53. The van der Waals surface area contributed by atoms with Gasteiger partial charge in [-0.2, -0.15) is 0 Å². The van der Waals surface area contributed by atoms with Gasteiger partial charge in [-0.05, 0) is 285 Å². The van der Waals surface area contributed by atoms with Gasteiger partial charge in [0.25, 0.3) is 0 Å². The molecular weight excluding hydrogens is 1810 g/mol. The number of para-hydroxylation sites is 2. The number of hydrogen-bond donors (Lipinski definition) is 1. The number of carbonyl (C=O) groups is 6. The fraction of sp³-hybridized carbons (Fsp3) is 0.592. The van der Waals surface area contributed by atoms with Gasteiger partial charge >= 0.3 is 19.6 Å². The number of ketones is 1. The van der Waals surface area contributed by atoms with E-state index in [2.05, 4.69) is 175 Å². The quantitative estimate of drug-likeness (QED) is 0.00984. The van der Waals surface area contributed by atoms with Crippen LogP contribution in [0.5, 0.6) is 0 Å². The zero-order valence-electron chi connectivity index (χ0n) is 88.4. The van der Waals surface area contributed by atoms with Crippen LogP contribution in [0.25, 0.3) is 22.4 Å². The molecule has 22 heteroatoms. The smallest absolute Gasteiger partial charge is 0.420 e. The molecule has 776 valence electrons. The molecule has 20 rings (SSSR count). The second kappa shape index (κ2) is 56.9. The maximum atomic E-state index is 12.6. The molecule has 4 aliphatic heterocycles. The van der Waals surface area contributed by atoms with Gasteiger partial charge in [0.2, 0.25) is 0 Å². The summed E-state index contributed by atoms with van der Waals surface area (Å²) < 4.78 is 31.8. The van der Waals surface area contributed by atoms with E-state index in [1.807, 2.05) is 81.4 Å². The number of nitrogens with zero attached hydrogens (tertiary/aromatic N) is 7. The van der Waals surface area contributed by atoms with Gasteiger partial charge in [0.05, 0.1) is 61.3 Å². The van der Waals surface area contributed by atoms with Crippen molar-refractivity contribution in [3.63, 3.8) is 0 Å². The number of rotatable bonds is 34. The van der Waals surface area contributed by atoms with Gasteiger partial charge < -0.3 is 48.4 Å². The molecule has 8 bridgehead atoms. The van der Waals surface area contributed by atoms with Crippen molar-refractivity contribution in [2.45, 2.75) is 320 Å². The van der Waals surface area contributed by atoms with Crippen molar-refractivity contribution in [2.24, 2.45) is 46.3 Å². The summed E-state index contributed by atoms with van der Waals surface area (Å²) in [6.45, 7) is 43.8. The monoisotopic (exact) mass is 1980 g/mol. The normalized spacial score (nSPS) is 21.9. The lowest BCUT2D eigenvalue weighted by molar-refractivity contribution is -0.928. The first-order valence-corrected chi connectivity index (χ1v) is 57.6. The van der Waals surface area contributed by atoms with Crippen molar-refractivity contribution >= 4 is 65.2 Å². The minimum Gasteiger partial charge on any atom is -0.550 e. The molecule has 1 aromatic heterocycles. The summed E-state index contributed by atoms with van der Waals surface area (Å²) in [5, 5.41) is 33.1. The Hall–Kier alpha value is -8.63. The molecule has 1 unspecified atom stereocenters. The van der Waals surface area contributed by atoms with Crippen molar-refractivity contribution in [1.82, 2.24) is 28.5 Å². The molecule has 0 radical (unpaired) electrons. The zero-order valence-corrected chi connectivity index (χ0v) is 90.1. The van der Waals surface area contributed by atoms with Crippen LogP contribution in [0.4, 0.5) is 4.79 Å². The third-order valence-electron chi connectivity index (χ3n) is 30.1. The number of aromatic nitrogens is 2. The first kappa shape index (κ1) is 114. The minimum atomic E-state index is -1.51. The second-order valence-electron chi connectivity index (χ2n) is 44.1. The van der Waals surface area contributed by atoms with E-state index in [-0.39, 0.29) is 28.2 Å². The molecule has 0 spiro atoms.